The first-order valence-electron chi connectivity index (χ1n) is 8.50. The summed E-state index contributed by atoms with van der Waals surface area (Å²) in [6.45, 7) is 1.76. The van der Waals surface area contributed by atoms with E-state index in [0.29, 0.717) is 31.9 Å². The predicted molar refractivity (Wildman–Crippen MR) is 92.1 cm³/mol. The van der Waals surface area contributed by atoms with Crippen LogP contribution >= 0.6 is 0 Å². The lowest BCUT2D eigenvalue weighted by atomic mass is 9.72. The lowest BCUT2D eigenvalue weighted by Gasteiger charge is -2.46. The van der Waals surface area contributed by atoms with Crippen molar-refractivity contribution in [3.63, 3.8) is 0 Å². The van der Waals surface area contributed by atoms with Crippen LogP contribution in [0.2, 0.25) is 0 Å². The van der Waals surface area contributed by atoms with Gasteiger partial charge in [-0.25, -0.2) is 14.0 Å². The topological polar surface area (TPSA) is 65.1 Å². The van der Waals surface area contributed by atoms with Gasteiger partial charge in [-0.15, -0.1) is 0 Å². The first-order valence-corrected chi connectivity index (χ1v) is 8.50. The molecule has 0 bridgehead atoms. The largest absolute Gasteiger partial charge is 0.466 e. The predicted octanol–water partition coefficient (Wildman–Crippen LogP) is 2.21. The molecule has 0 radical (unpaired) electrons. The maximum atomic E-state index is 13.8. The summed E-state index contributed by atoms with van der Waals surface area (Å²) in [6.07, 6.45) is 3.42. The molecule has 0 atom stereocenters. The second-order valence-corrected chi connectivity index (χ2v) is 6.69. The molecule has 2 aliphatic heterocycles. The monoisotopic (exact) mass is 363 g/mol. The molecular formula is C19H22FNO5. The lowest BCUT2D eigenvalue weighted by molar-refractivity contribution is -0.138. The number of anilines is 1. The molecule has 140 valence electrons. The van der Waals surface area contributed by atoms with Crippen LogP contribution in [0.1, 0.15) is 18.4 Å². The second-order valence-electron chi connectivity index (χ2n) is 6.69. The van der Waals surface area contributed by atoms with Gasteiger partial charge < -0.3 is 19.1 Å². The minimum atomic E-state index is -0.652. The van der Waals surface area contributed by atoms with E-state index in [2.05, 4.69) is 4.74 Å². The van der Waals surface area contributed by atoms with Crippen LogP contribution in [0.3, 0.4) is 0 Å². The average molecular weight is 363 g/mol. The van der Waals surface area contributed by atoms with Gasteiger partial charge in [-0.05, 0) is 48.4 Å². The lowest BCUT2D eigenvalue weighted by Crippen LogP contribution is -2.47. The third-order valence-electron chi connectivity index (χ3n) is 5.09. The summed E-state index contributed by atoms with van der Waals surface area (Å²) in [6, 6.07) is 4.47. The molecule has 6 nitrogen and oxygen atoms in total. The molecule has 1 aromatic rings. The van der Waals surface area contributed by atoms with Gasteiger partial charge in [0, 0.05) is 25.4 Å². The fourth-order valence-corrected chi connectivity index (χ4v) is 3.72. The summed E-state index contributed by atoms with van der Waals surface area (Å²) < 4.78 is 28.9. The van der Waals surface area contributed by atoms with Crippen LogP contribution in [0.15, 0.2) is 30.0 Å². The van der Waals surface area contributed by atoms with E-state index in [1.807, 2.05) is 0 Å². The number of benzene rings is 1. The highest BCUT2D eigenvalue weighted by molar-refractivity contribution is 5.99. The van der Waals surface area contributed by atoms with Gasteiger partial charge in [0.25, 0.3) is 0 Å². The van der Waals surface area contributed by atoms with Gasteiger partial charge in [-0.1, -0.05) is 0 Å². The number of nitrogens with zero attached hydrogens (tertiary/aromatic N) is 1. The number of ether oxygens (including phenoxy) is 3. The molecule has 1 aromatic carbocycles. The summed E-state index contributed by atoms with van der Waals surface area (Å²) in [5, 5.41) is 0. The van der Waals surface area contributed by atoms with Crippen molar-refractivity contribution in [2.24, 2.45) is 5.41 Å². The molecule has 26 heavy (non-hydrogen) atoms. The Morgan fingerprint density at radius 1 is 1.23 bits per heavy atom. The van der Waals surface area contributed by atoms with E-state index in [-0.39, 0.29) is 16.9 Å². The first-order chi connectivity index (χ1) is 12.5. The number of hydrogen-bond acceptors (Lipinski definition) is 6. The molecule has 1 fully saturated rings. The molecule has 0 amide bonds. The van der Waals surface area contributed by atoms with E-state index in [9.17, 15) is 14.0 Å². The molecule has 0 saturated carbocycles. The van der Waals surface area contributed by atoms with Gasteiger partial charge in [0.2, 0.25) is 0 Å². The Hall–Kier alpha value is -2.41. The maximum Gasteiger partial charge on any atom is 0.354 e. The van der Waals surface area contributed by atoms with Crippen LogP contribution in [0.25, 0.3) is 0 Å². The second kappa shape index (κ2) is 7.45. The number of halogens is 1. The standard InChI is InChI=1S/C19H22FNO5/c1-24-17(22)10-16(18(23)25-2)21-12-19(5-7-26-8-6-19)11-13-9-14(20)3-4-15(13)21/h3-4,9-10H,5-8,11-12H2,1-2H3/b16-10-. The third-order valence-corrected chi connectivity index (χ3v) is 5.09. The van der Waals surface area contributed by atoms with Crippen LogP contribution in [-0.2, 0) is 30.2 Å². The van der Waals surface area contributed by atoms with Crippen molar-refractivity contribution in [3.8, 4) is 0 Å². The normalized spacial score (nSPS) is 19.0. The molecule has 1 saturated heterocycles. The van der Waals surface area contributed by atoms with Crippen molar-refractivity contribution in [2.45, 2.75) is 19.3 Å². The van der Waals surface area contributed by atoms with Crippen molar-refractivity contribution < 1.29 is 28.2 Å². The number of hydrogen-bond donors (Lipinski definition) is 0. The van der Waals surface area contributed by atoms with E-state index in [0.717, 1.165) is 24.5 Å². The van der Waals surface area contributed by atoms with E-state index >= 15 is 0 Å². The van der Waals surface area contributed by atoms with Gasteiger partial charge in [0.1, 0.15) is 11.5 Å². The molecule has 2 aliphatic rings. The molecule has 3 rings (SSSR count). The molecular weight excluding hydrogens is 341 g/mol. The quantitative estimate of drug-likeness (QED) is 0.606. The van der Waals surface area contributed by atoms with Gasteiger partial charge in [0.15, 0.2) is 0 Å². The highest BCUT2D eigenvalue weighted by Gasteiger charge is 2.41. The highest BCUT2D eigenvalue weighted by Crippen LogP contribution is 2.44. The summed E-state index contributed by atoms with van der Waals surface area (Å²) >= 11 is 0. The number of esters is 2. The Morgan fingerprint density at radius 3 is 2.62 bits per heavy atom. The minimum Gasteiger partial charge on any atom is -0.466 e. The van der Waals surface area contributed by atoms with Crippen LogP contribution in [0, 0.1) is 11.2 Å². The smallest absolute Gasteiger partial charge is 0.354 e. The van der Waals surface area contributed by atoms with Gasteiger partial charge in [-0.2, -0.15) is 0 Å². The molecule has 0 N–H and O–H groups in total. The van der Waals surface area contributed by atoms with E-state index in [1.54, 1.807) is 11.0 Å². The van der Waals surface area contributed by atoms with Gasteiger partial charge >= 0.3 is 11.9 Å². The summed E-state index contributed by atoms with van der Waals surface area (Å²) in [4.78, 5) is 25.9. The van der Waals surface area contributed by atoms with Crippen LogP contribution in [-0.4, -0.2) is 45.9 Å². The molecule has 1 spiro atoms. The Bertz CT molecular complexity index is 739. The summed E-state index contributed by atoms with van der Waals surface area (Å²) in [5.74, 6) is -1.63. The van der Waals surface area contributed by atoms with Gasteiger partial charge in [-0.3, -0.25) is 0 Å². The van der Waals surface area contributed by atoms with Gasteiger partial charge in [0.05, 0.1) is 20.3 Å². The Kier molecular flexibility index (Phi) is 5.27. The van der Waals surface area contributed by atoms with Crippen molar-refractivity contribution in [2.75, 3.05) is 38.9 Å². The Balaban J connectivity index is 2.09. The fourth-order valence-electron chi connectivity index (χ4n) is 3.72. The average Bonchev–Trinajstić information content (AvgIpc) is 2.65. The first kappa shape index (κ1) is 18.4. The van der Waals surface area contributed by atoms with Crippen molar-refractivity contribution >= 4 is 17.6 Å². The fraction of sp³-hybridized carbons (Fsp3) is 0.474. The van der Waals surface area contributed by atoms with Crippen molar-refractivity contribution in [3.05, 3.63) is 41.4 Å². The highest BCUT2D eigenvalue weighted by atomic mass is 19.1. The maximum absolute atomic E-state index is 13.8. The molecule has 2 heterocycles. The number of rotatable bonds is 3. The SMILES string of the molecule is COC(=O)/C=C(/C(=O)OC)N1CC2(CCOCC2)Cc2cc(F)ccc21. The molecule has 0 aliphatic carbocycles. The van der Waals surface area contributed by atoms with Crippen LogP contribution in [0.4, 0.5) is 10.1 Å². The zero-order valence-corrected chi connectivity index (χ0v) is 14.9. The molecule has 0 aromatic heterocycles. The number of carbonyl (C=O) groups is 2. The Morgan fingerprint density at radius 2 is 1.96 bits per heavy atom. The number of fused-ring (bicyclic) bond motifs is 1. The minimum absolute atomic E-state index is 0.0813. The third kappa shape index (κ3) is 3.58. The zero-order valence-electron chi connectivity index (χ0n) is 14.9. The molecule has 7 heteroatoms. The summed E-state index contributed by atoms with van der Waals surface area (Å²) in [5.41, 5.74) is 1.43. The van der Waals surface area contributed by atoms with Crippen LogP contribution in [0.5, 0.6) is 0 Å². The van der Waals surface area contributed by atoms with E-state index < -0.39 is 11.9 Å². The van der Waals surface area contributed by atoms with E-state index in [1.165, 1.54) is 26.4 Å². The number of methoxy groups -OCH3 is 2. The number of carbonyl (C=O) groups excluding carboxylic acids is 2. The zero-order chi connectivity index (χ0) is 18.7. The van der Waals surface area contributed by atoms with Crippen LogP contribution < -0.4 is 4.90 Å². The van der Waals surface area contributed by atoms with E-state index in [4.69, 9.17) is 9.47 Å². The van der Waals surface area contributed by atoms with Crippen molar-refractivity contribution in [1.82, 2.24) is 0 Å². The Labute approximate surface area is 151 Å². The summed E-state index contributed by atoms with van der Waals surface area (Å²) in [7, 11) is 2.50. The van der Waals surface area contributed by atoms with Crippen molar-refractivity contribution in [1.29, 1.82) is 0 Å². The molecule has 0 unspecified atom stereocenters.